The lowest BCUT2D eigenvalue weighted by Gasteiger charge is -2.48. The standard InChI is InChI=1S/C24H28FN3O2/c1-18(2)22-23(29)28(21-9-4-3-8-20(21)25)17-24(30-22)11-15-27(16-12-24)14-10-19-7-5-6-13-26-19/h3-9,13H,10-12,14-17H2,1-2H3. The number of ether oxygens (including phenoxy) is 1. The second-order valence-electron chi connectivity index (χ2n) is 8.37. The van der Waals surface area contributed by atoms with Gasteiger partial charge >= 0.3 is 0 Å². The quantitative estimate of drug-likeness (QED) is 0.718. The molecule has 158 valence electrons. The summed E-state index contributed by atoms with van der Waals surface area (Å²) in [5, 5.41) is 0. The van der Waals surface area contributed by atoms with E-state index in [0.29, 0.717) is 18.0 Å². The highest BCUT2D eigenvalue weighted by atomic mass is 19.1. The zero-order valence-electron chi connectivity index (χ0n) is 17.6. The van der Waals surface area contributed by atoms with Crippen LogP contribution in [0.25, 0.3) is 0 Å². The van der Waals surface area contributed by atoms with Crippen LogP contribution in [0, 0.1) is 5.82 Å². The van der Waals surface area contributed by atoms with Crippen LogP contribution in [0.3, 0.4) is 0 Å². The number of aromatic nitrogens is 1. The fourth-order valence-electron chi connectivity index (χ4n) is 4.22. The minimum atomic E-state index is -0.482. The van der Waals surface area contributed by atoms with Crippen LogP contribution in [0.1, 0.15) is 32.4 Å². The number of allylic oxidation sites excluding steroid dienone is 1. The summed E-state index contributed by atoms with van der Waals surface area (Å²) in [5.41, 5.74) is 1.75. The lowest BCUT2D eigenvalue weighted by molar-refractivity contribution is -0.132. The zero-order valence-corrected chi connectivity index (χ0v) is 17.6. The molecular formula is C24H28FN3O2. The molecule has 0 saturated carbocycles. The van der Waals surface area contributed by atoms with Gasteiger partial charge in [-0.1, -0.05) is 18.2 Å². The molecule has 2 fully saturated rings. The van der Waals surface area contributed by atoms with Crippen LogP contribution in [0.2, 0.25) is 0 Å². The lowest BCUT2D eigenvalue weighted by Crippen LogP contribution is -2.58. The van der Waals surface area contributed by atoms with Gasteiger partial charge in [0.15, 0.2) is 5.76 Å². The van der Waals surface area contributed by atoms with Crippen LogP contribution in [-0.2, 0) is 16.0 Å². The minimum Gasteiger partial charge on any atom is -0.480 e. The molecule has 3 heterocycles. The molecule has 1 spiro atoms. The summed E-state index contributed by atoms with van der Waals surface area (Å²) in [5.74, 6) is -0.293. The molecule has 2 saturated heterocycles. The number of carbonyl (C=O) groups is 1. The Hall–Kier alpha value is -2.73. The Kier molecular flexibility index (Phi) is 5.86. The van der Waals surface area contributed by atoms with Crippen LogP contribution in [0.4, 0.5) is 10.1 Å². The van der Waals surface area contributed by atoms with Crippen molar-refractivity contribution in [2.45, 2.75) is 38.7 Å². The van der Waals surface area contributed by atoms with Gasteiger partial charge in [0.05, 0.1) is 12.2 Å². The highest BCUT2D eigenvalue weighted by Crippen LogP contribution is 2.38. The van der Waals surface area contributed by atoms with Gasteiger partial charge in [0.2, 0.25) is 0 Å². The van der Waals surface area contributed by atoms with E-state index >= 15 is 0 Å². The fraction of sp³-hybridized carbons (Fsp3) is 0.417. The second-order valence-corrected chi connectivity index (χ2v) is 8.37. The monoisotopic (exact) mass is 409 g/mol. The minimum absolute atomic E-state index is 0.261. The number of rotatable bonds is 4. The van der Waals surface area contributed by atoms with Crippen molar-refractivity contribution in [3.63, 3.8) is 0 Å². The summed E-state index contributed by atoms with van der Waals surface area (Å²) in [7, 11) is 0. The molecule has 30 heavy (non-hydrogen) atoms. The Morgan fingerprint density at radius 3 is 2.53 bits per heavy atom. The molecule has 2 aliphatic rings. The first-order valence-electron chi connectivity index (χ1n) is 10.5. The highest BCUT2D eigenvalue weighted by Gasteiger charge is 2.46. The van der Waals surface area contributed by atoms with Crippen LogP contribution >= 0.6 is 0 Å². The van der Waals surface area contributed by atoms with Gasteiger partial charge in [0.1, 0.15) is 11.4 Å². The third kappa shape index (κ3) is 4.24. The van der Waals surface area contributed by atoms with Crippen molar-refractivity contribution in [3.8, 4) is 0 Å². The maximum absolute atomic E-state index is 14.5. The third-order valence-electron chi connectivity index (χ3n) is 5.98. The Balaban J connectivity index is 1.49. The molecule has 4 rings (SSSR count). The zero-order chi connectivity index (χ0) is 21.1. The van der Waals surface area contributed by atoms with Crippen molar-refractivity contribution in [3.05, 3.63) is 71.5 Å². The van der Waals surface area contributed by atoms with Gasteiger partial charge in [-0.2, -0.15) is 0 Å². The Morgan fingerprint density at radius 1 is 1.13 bits per heavy atom. The van der Waals surface area contributed by atoms with Crippen molar-refractivity contribution < 1.29 is 13.9 Å². The van der Waals surface area contributed by atoms with Gasteiger partial charge in [-0.05, 0) is 43.7 Å². The average Bonchev–Trinajstić information content (AvgIpc) is 2.76. The predicted octanol–water partition coefficient (Wildman–Crippen LogP) is 3.96. The van der Waals surface area contributed by atoms with Crippen molar-refractivity contribution >= 4 is 11.6 Å². The first-order chi connectivity index (χ1) is 14.5. The van der Waals surface area contributed by atoms with E-state index in [0.717, 1.165) is 50.2 Å². The number of morpholine rings is 1. The fourth-order valence-corrected chi connectivity index (χ4v) is 4.22. The van der Waals surface area contributed by atoms with Gasteiger partial charge in [-0.15, -0.1) is 0 Å². The maximum Gasteiger partial charge on any atom is 0.293 e. The van der Waals surface area contributed by atoms with Crippen molar-refractivity contribution in [1.82, 2.24) is 9.88 Å². The third-order valence-corrected chi connectivity index (χ3v) is 5.98. The number of nitrogens with zero attached hydrogens (tertiary/aromatic N) is 3. The van der Waals surface area contributed by atoms with E-state index in [1.54, 1.807) is 23.1 Å². The van der Waals surface area contributed by atoms with Crippen LogP contribution in [-0.4, -0.2) is 47.6 Å². The van der Waals surface area contributed by atoms with Crippen LogP contribution in [0.15, 0.2) is 60.0 Å². The number of para-hydroxylation sites is 1. The summed E-state index contributed by atoms with van der Waals surface area (Å²) < 4.78 is 20.8. The molecule has 0 radical (unpaired) electrons. The van der Waals surface area contributed by atoms with Gasteiger partial charge in [-0.3, -0.25) is 14.7 Å². The number of hydrogen-bond donors (Lipinski definition) is 0. The molecule has 5 nitrogen and oxygen atoms in total. The number of amides is 1. The summed E-state index contributed by atoms with van der Waals surface area (Å²) in [6.07, 6.45) is 4.33. The van der Waals surface area contributed by atoms with Gasteiger partial charge in [0.25, 0.3) is 5.91 Å². The first kappa shape index (κ1) is 20.5. The SMILES string of the molecule is CC(C)=C1OC2(CCN(CCc3ccccn3)CC2)CN(c2ccccc2F)C1=O. The molecule has 0 atom stereocenters. The van der Waals surface area contributed by atoms with Crippen LogP contribution < -0.4 is 4.90 Å². The number of benzene rings is 1. The average molecular weight is 410 g/mol. The number of hydrogen-bond acceptors (Lipinski definition) is 4. The predicted molar refractivity (Wildman–Crippen MR) is 115 cm³/mol. The molecule has 0 bridgehead atoms. The number of pyridine rings is 1. The highest BCUT2D eigenvalue weighted by molar-refractivity contribution is 6.05. The molecule has 0 N–H and O–H groups in total. The largest absolute Gasteiger partial charge is 0.480 e. The normalized spacial score (nSPS) is 19.1. The molecule has 0 unspecified atom stereocenters. The Labute approximate surface area is 177 Å². The number of carbonyl (C=O) groups excluding carboxylic acids is 1. The number of anilines is 1. The van der Waals surface area contributed by atoms with E-state index in [4.69, 9.17) is 4.74 Å². The van der Waals surface area contributed by atoms with Crippen molar-refractivity contribution in [1.29, 1.82) is 0 Å². The Morgan fingerprint density at radius 2 is 1.87 bits per heavy atom. The summed E-state index contributed by atoms with van der Waals surface area (Å²) >= 11 is 0. The topological polar surface area (TPSA) is 45.7 Å². The molecule has 1 aromatic carbocycles. The Bertz CT molecular complexity index is 932. The summed E-state index contributed by atoms with van der Waals surface area (Å²) in [6.45, 7) is 6.81. The van der Waals surface area contributed by atoms with E-state index in [9.17, 15) is 9.18 Å². The number of likely N-dealkylation sites (tertiary alicyclic amines) is 1. The first-order valence-corrected chi connectivity index (χ1v) is 10.5. The lowest BCUT2D eigenvalue weighted by atomic mass is 9.88. The van der Waals surface area contributed by atoms with Gasteiger partial charge in [0, 0.05) is 50.8 Å². The molecule has 2 aliphatic heterocycles. The van der Waals surface area contributed by atoms with Crippen molar-refractivity contribution in [2.24, 2.45) is 0 Å². The van der Waals surface area contributed by atoms with Crippen molar-refractivity contribution in [2.75, 3.05) is 31.1 Å². The molecule has 2 aromatic rings. The number of halogens is 1. The van der Waals surface area contributed by atoms with E-state index in [2.05, 4.69) is 16.0 Å². The summed E-state index contributed by atoms with van der Waals surface area (Å²) in [4.78, 5) is 21.4. The van der Waals surface area contributed by atoms with E-state index in [1.165, 1.54) is 6.07 Å². The van der Waals surface area contributed by atoms with Crippen LogP contribution in [0.5, 0.6) is 0 Å². The van der Waals surface area contributed by atoms with E-state index in [-0.39, 0.29) is 11.7 Å². The molecule has 0 aliphatic carbocycles. The van der Waals surface area contributed by atoms with E-state index < -0.39 is 5.60 Å². The van der Waals surface area contributed by atoms with Gasteiger partial charge < -0.3 is 9.64 Å². The van der Waals surface area contributed by atoms with E-state index in [1.807, 2.05) is 32.2 Å². The summed E-state index contributed by atoms with van der Waals surface area (Å²) in [6, 6.07) is 12.5. The smallest absolute Gasteiger partial charge is 0.293 e. The molecule has 1 amide bonds. The second kappa shape index (κ2) is 8.56. The molecular weight excluding hydrogens is 381 g/mol. The molecule has 6 heteroatoms. The van der Waals surface area contributed by atoms with Gasteiger partial charge in [-0.25, -0.2) is 4.39 Å². The molecule has 1 aromatic heterocycles. The number of piperidine rings is 1. The maximum atomic E-state index is 14.5.